The molecule has 1 heterocycles. The molecule has 88 valence electrons. The molecule has 2 fully saturated rings. The van der Waals surface area contributed by atoms with Crippen LogP contribution in [-0.4, -0.2) is 35.1 Å². The third-order valence-corrected chi connectivity index (χ3v) is 4.15. The second kappa shape index (κ2) is 4.06. The van der Waals surface area contributed by atoms with E-state index in [0.717, 1.165) is 32.4 Å². The molecule has 1 saturated carbocycles. The number of rotatable bonds is 4. The molecule has 0 aromatic rings. The van der Waals surface area contributed by atoms with E-state index in [0.29, 0.717) is 6.42 Å². The number of nitrogens with zero attached hydrogens (tertiary/aromatic N) is 2. The van der Waals surface area contributed by atoms with Crippen LogP contribution < -0.4 is 0 Å². The van der Waals surface area contributed by atoms with Crippen LogP contribution in [0.2, 0.25) is 0 Å². The maximum Gasteiger partial charge on any atom is 0.308 e. The van der Waals surface area contributed by atoms with E-state index in [1.165, 1.54) is 0 Å². The van der Waals surface area contributed by atoms with E-state index >= 15 is 0 Å². The smallest absolute Gasteiger partial charge is 0.308 e. The second-order valence-electron chi connectivity index (χ2n) is 5.28. The highest BCUT2D eigenvalue weighted by Crippen LogP contribution is 2.50. The Bertz CT molecular complexity index is 330. The van der Waals surface area contributed by atoms with Crippen molar-refractivity contribution < 1.29 is 9.90 Å². The van der Waals surface area contributed by atoms with Crippen LogP contribution in [0.25, 0.3) is 0 Å². The lowest BCUT2D eigenvalue weighted by molar-refractivity contribution is -0.142. The number of carbonyl (C=O) groups is 1. The Morgan fingerprint density at radius 2 is 2.31 bits per heavy atom. The Morgan fingerprint density at radius 3 is 2.75 bits per heavy atom. The van der Waals surface area contributed by atoms with Crippen molar-refractivity contribution in [3.05, 3.63) is 0 Å². The number of nitriles is 1. The van der Waals surface area contributed by atoms with Gasteiger partial charge in [0.2, 0.25) is 0 Å². The minimum absolute atomic E-state index is 0.119. The Balaban J connectivity index is 1.93. The second-order valence-corrected chi connectivity index (χ2v) is 5.28. The molecule has 0 amide bonds. The van der Waals surface area contributed by atoms with Crippen molar-refractivity contribution in [2.75, 3.05) is 13.1 Å². The van der Waals surface area contributed by atoms with Crippen LogP contribution in [-0.2, 0) is 4.79 Å². The molecule has 1 saturated heterocycles. The third kappa shape index (κ3) is 2.05. The molecule has 1 N–H and O–H groups in total. The highest BCUT2D eigenvalue weighted by Gasteiger charge is 2.46. The lowest BCUT2D eigenvalue weighted by atomic mass is 10.00. The molecule has 0 bridgehead atoms. The van der Waals surface area contributed by atoms with Gasteiger partial charge in [-0.2, -0.15) is 5.26 Å². The van der Waals surface area contributed by atoms with Gasteiger partial charge in [0.1, 0.15) is 0 Å². The van der Waals surface area contributed by atoms with Gasteiger partial charge in [0.15, 0.2) is 0 Å². The van der Waals surface area contributed by atoms with Gasteiger partial charge in [0.25, 0.3) is 0 Å². The quantitative estimate of drug-likeness (QED) is 0.782. The first-order valence-corrected chi connectivity index (χ1v) is 5.92. The van der Waals surface area contributed by atoms with E-state index in [2.05, 4.69) is 11.0 Å². The molecule has 0 radical (unpaired) electrons. The van der Waals surface area contributed by atoms with Crippen molar-refractivity contribution in [2.45, 2.75) is 38.6 Å². The zero-order valence-electron chi connectivity index (χ0n) is 9.65. The van der Waals surface area contributed by atoms with Crippen LogP contribution in [0.3, 0.4) is 0 Å². The molecular formula is C12H18N2O2. The van der Waals surface area contributed by atoms with Gasteiger partial charge in [-0.15, -0.1) is 0 Å². The Kier molecular flexibility index (Phi) is 2.90. The van der Waals surface area contributed by atoms with Gasteiger partial charge < -0.3 is 5.11 Å². The lowest BCUT2D eigenvalue weighted by Gasteiger charge is -2.26. The van der Waals surface area contributed by atoms with Gasteiger partial charge in [-0.25, -0.2) is 0 Å². The number of hydrogen-bond donors (Lipinski definition) is 1. The minimum atomic E-state index is -0.680. The fourth-order valence-electron chi connectivity index (χ4n) is 2.72. The van der Waals surface area contributed by atoms with Crippen LogP contribution in [0.4, 0.5) is 0 Å². The van der Waals surface area contributed by atoms with Gasteiger partial charge in [0, 0.05) is 19.0 Å². The molecule has 16 heavy (non-hydrogen) atoms. The molecule has 2 atom stereocenters. The lowest BCUT2D eigenvalue weighted by Crippen LogP contribution is -2.36. The molecule has 1 aliphatic heterocycles. The van der Waals surface area contributed by atoms with Crippen LogP contribution >= 0.6 is 0 Å². The maximum absolute atomic E-state index is 11.0. The third-order valence-electron chi connectivity index (χ3n) is 4.15. The van der Waals surface area contributed by atoms with Crippen LogP contribution in [0.15, 0.2) is 0 Å². The first kappa shape index (κ1) is 11.4. The van der Waals surface area contributed by atoms with Gasteiger partial charge >= 0.3 is 5.97 Å². The summed E-state index contributed by atoms with van der Waals surface area (Å²) in [5, 5.41) is 17.8. The fraction of sp³-hybridized carbons (Fsp3) is 0.833. The Morgan fingerprint density at radius 1 is 1.62 bits per heavy atom. The zero-order valence-corrected chi connectivity index (χ0v) is 9.65. The number of hydrogen-bond acceptors (Lipinski definition) is 3. The summed E-state index contributed by atoms with van der Waals surface area (Å²) < 4.78 is 0. The van der Waals surface area contributed by atoms with Crippen molar-refractivity contribution in [3.63, 3.8) is 0 Å². The minimum Gasteiger partial charge on any atom is -0.481 e. The van der Waals surface area contributed by atoms with Gasteiger partial charge in [0.05, 0.1) is 12.0 Å². The predicted molar refractivity (Wildman–Crippen MR) is 58.7 cm³/mol. The summed E-state index contributed by atoms with van der Waals surface area (Å²) in [6, 6.07) is 2.37. The molecule has 1 aliphatic carbocycles. The molecule has 0 aromatic heterocycles. The summed E-state index contributed by atoms with van der Waals surface area (Å²) >= 11 is 0. The van der Waals surface area contributed by atoms with Gasteiger partial charge in [-0.05, 0) is 38.1 Å². The van der Waals surface area contributed by atoms with Crippen molar-refractivity contribution in [1.29, 1.82) is 5.26 Å². The molecule has 4 heteroatoms. The average molecular weight is 222 g/mol. The fourth-order valence-corrected chi connectivity index (χ4v) is 2.72. The molecule has 2 unspecified atom stereocenters. The molecule has 2 rings (SSSR count). The number of carboxylic acids is 1. The summed E-state index contributed by atoms with van der Waals surface area (Å²) in [7, 11) is 0. The zero-order chi connectivity index (χ0) is 11.8. The van der Waals surface area contributed by atoms with Crippen molar-refractivity contribution in [3.8, 4) is 6.07 Å². The van der Waals surface area contributed by atoms with E-state index in [1.54, 1.807) is 0 Å². The highest BCUT2D eigenvalue weighted by molar-refractivity contribution is 5.71. The van der Waals surface area contributed by atoms with Gasteiger partial charge in [-0.1, -0.05) is 0 Å². The number of likely N-dealkylation sites (tertiary alicyclic amines) is 1. The molecular weight excluding hydrogens is 204 g/mol. The molecule has 0 aromatic carbocycles. The summed E-state index contributed by atoms with van der Waals surface area (Å²) in [6.45, 7) is 3.77. The van der Waals surface area contributed by atoms with E-state index < -0.39 is 5.97 Å². The average Bonchev–Trinajstić information content (AvgIpc) is 2.87. The SMILES string of the molecule is CC1C(C(=O)O)CCN1CC1(CC#N)CC1. The van der Waals surface area contributed by atoms with E-state index in [4.69, 9.17) is 10.4 Å². The molecule has 4 nitrogen and oxygen atoms in total. The Hall–Kier alpha value is -1.08. The summed E-state index contributed by atoms with van der Waals surface area (Å²) in [4.78, 5) is 13.2. The molecule has 0 spiro atoms. The van der Waals surface area contributed by atoms with Crippen LogP contribution in [0.1, 0.15) is 32.6 Å². The summed E-state index contributed by atoms with van der Waals surface area (Å²) in [5.74, 6) is -0.905. The van der Waals surface area contributed by atoms with Crippen molar-refractivity contribution in [2.24, 2.45) is 11.3 Å². The molecule has 2 aliphatic rings. The first-order valence-electron chi connectivity index (χ1n) is 5.92. The highest BCUT2D eigenvalue weighted by atomic mass is 16.4. The largest absolute Gasteiger partial charge is 0.481 e. The summed E-state index contributed by atoms with van der Waals surface area (Å²) in [5.41, 5.74) is 0.191. The van der Waals surface area contributed by atoms with E-state index in [1.807, 2.05) is 6.92 Å². The predicted octanol–water partition coefficient (Wildman–Crippen LogP) is 1.48. The standard InChI is InChI=1S/C12H18N2O2/c1-9-10(11(15)16)2-7-14(9)8-12(3-4-12)5-6-13/h9-10H,2-5,7-8H2,1H3,(H,15,16). The monoisotopic (exact) mass is 222 g/mol. The summed E-state index contributed by atoms with van der Waals surface area (Å²) in [6.07, 6.45) is 3.62. The first-order chi connectivity index (χ1) is 7.58. The van der Waals surface area contributed by atoms with Crippen molar-refractivity contribution in [1.82, 2.24) is 4.90 Å². The Labute approximate surface area is 95.9 Å². The van der Waals surface area contributed by atoms with Crippen molar-refractivity contribution >= 4 is 5.97 Å². The topological polar surface area (TPSA) is 64.3 Å². The van der Waals surface area contributed by atoms with Gasteiger partial charge in [-0.3, -0.25) is 9.69 Å². The van der Waals surface area contributed by atoms with E-state index in [9.17, 15) is 4.79 Å². The van der Waals surface area contributed by atoms with E-state index in [-0.39, 0.29) is 17.4 Å². The maximum atomic E-state index is 11.0. The number of carboxylic acid groups (broad SMARTS) is 1. The number of aliphatic carboxylic acids is 1. The van der Waals surface area contributed by atoms with Crippen LogP contribution in [0, 0.1) is 22.7 Å². The normalized spacial score (nSPS) is 32.2. The van der Waals surface area contributed by atoms with Crippen LogP contribution in [0.5, 0.6) is 0 Å².